The number of hydrogen-bond donors (Lipinski definition) is 0. The molecule has 92 valence electrons. The Hall–Kier alpha value is -1.04. The van der Waals surface area contributed by atoms with Crippen molar-refractivity contribution >= 4 is 0 Å². The Labute approximate surface area is 102 Å². The molecule has 0 saturated carbocycles. The Morgan fingerprint density at radius 2 is 1.56 bits per heavy atom. The lowest BCUT2D eigenvalue weighted by Gasteiger charge is -2.00. The molecule has 0 aromatic rings. The molecule has 0 saturated heterocycles. The zero-order valence-corrected chi connectivity index (χ0v) is 10.5. The highest BCUT2D eigenvalue weighted by molar-refractivity contribution is 5.12. The van der Waals surface area contributed by atoms with Crippen molar-refractivity contribution in [1.29, 1.82) is 0 Å². The molecule has 0 aliphatic heterocycles. The fourth-order valence-electron chi connectivity index (χ4n) is 1.30. The van der Waals surface area contributed by atoms with Gasteiger partial charge >= 0.3 is 0 Å². The second kappa shape index (κ2) is 10.5. The maximum absolute atomic E-state index is 3.90. The third-order valence-corrected chi connectivity index (χ3v) is 2.34. The topological polar surface area (TPSA) is 0 Å². The van der Waals surface area contributed by atoms with Crippen LogP contribution in [-0.2, 0) is 0 Å². The van der Waals surface area contributed by atoms with Crippen molar-refractivity contribution in [2.24, 2.45) is 0 Å². The molecule has 0 fully saturated rings. The third-order valence-electron chi connectivity index (χ3n) is 2.34. The molecule has 16 heavy (non-hydrogen) atoms. The number of rotatable bonds is 7. The van der Waals surface area contributed by atoms with Crippen LogP contribution in [0.1, 0.15) is 53.9 Å². The van der Waals surface area contributed by atoms with E-state index in [1.165, 1.54) is 17.6 Å². The van der Waals surface area contributed by atoms with E-state index in [1.807, 2.05) is 6.08 Å². The van der Waals surface area contributed by atoms with Gasteiger partial charge in [0.25, 0.3) is 0 Å². The number of allylic oxidation sites excluding steroid dienone is 6. The third kappa shape index (κ3) is 11.0. The summed E-state index contributed by atoms with van der Waals surface area (Å²) in [6.45, 7) is 14.1. The van der Waals surface area contributed by atoms with Gasteiger partial charge in [0.1, 0.15) is 0 Å². The first-order valence-electron chi connectivity index (χ1n) is 5.65. The number of hydrogen-bond acceptors (Lipinski definition) is 0. The molecule has 0 aromatic heterocycles. The van der Waals surface area contributed by atoms with Gasteiger partial charge in [-0.2, -0.15) is 0 Å². The van der Waals surface area contributed by atoms with Crippen LogP contribution < -0.4 is 0 Å². The molecule has 0 amide bonds. The Kier molecular flexibility index (Phi) is 11.4. The van der Waals surface area contributed by atoms with Crippen LogP contribution in [0.4, 0.5) is 0 Å². The summed E-state index contributed by atoms with van der Waals surface area (Å²) in [5, 5.41) is 0. The van der Waals surface area contributed by atoms with E-state index in [1.54, 1.807) is 0 Å². The first-order valence-corrected chi connectivity index (χ1v) is 5.65. The van der Waals surface area contributed by atoms with Gasteiger partial charge in [0, 0.05) is 0 Å². The highest BCUT2D eigenvalue weighted by Crippen LogP contribution is 2.10. The molecule has 0 aliphatic rings. The van der Waals surface area contributed by atoms with Crippen LogP contribution in [-0.4, -0.2) is 0 Å². The van der Waals surface area contributed by atoms with Crippen molar-refractivity contribution in [3.05, 3.63) is 48.1 Å². The van der Waals surface area contributed by atoms with Gasteiger partial charge in [-0.3, -0.25) is 0 Å². The van der Waals surface area contributed by atoms with Gasteiger partial charge in [0.05, 0.1) is 0 Å². The van der Waals surface area contributed by atoms with Crippen molar-refractivity contribution in [2.75, 3.05) is 0 Å². The summed E-state index contributed by atoms with van der Waals surface area (Å²) in [5.41, 5.74) is 4.01. The van der Waals surface area contributed by atoms with Gasteiger partial charge in [0.2, 0.25) is 0 Å². The zero-order valence-electron chi connectivity index (χ0n) is 10.5. The lowest BCUT2D eigenvalue weighted by Crippen LogP contribution is -1.79. The average Bonchev–Trinajstić information content (AvgIpc) is 2.17. The lowest BCUT2D eigenvalue weighted by atomic mass is 10.1. The largest absolute Gasteiger partial charge is 0.0988 e. The minimum Gasteiger partial charge on any atom is -0.0988 e. The molecular formula is C16H28. The summed E-state index contributed by atoms with van der Waals surface area (Å²) in [4.78, 5) is 0. The van der Waals surface area contributed by atoms with E-state index in [0.29, 0.717) is 0 Å². The van der Waals surface area contributed by atoms with E-state index in [0.717, 1.165) is 24.8 Å². The molecule has 0 N–H and O–H groups in total. The van der Waals surface area contributed by atoms with E-state index < -0.39 is 0 Å². The van der Waals surface area contributed by atoms with Crippen molar-refractivity contribution in [1.82, 2.24) is 0 Å². The molecule has 0 atom stereocenters. The quantitative estimate of drug-likeness (QED) is 0.373. The maximum atomic E-state index is 3.90. The van der Waals surface area contributed by atoms with Gasteiger partial charge in [-0.1, -0.05) is 55.5 Å². The summed E-state index contributed by atoms with van der Waals surface area (Å²) in [5.74, 6) is 0. The molecule has 0 nitrogen and oxygen atoms in total. The lowest BCUT2D eigenvalue weighted by molar-refractivity contribution is 0.929. The Morgan fingerprint density at radius 3 is 2.06 bits per heavy atom. The predicted octanol–water partition coefficient (Wildman–Crippen LogP) is 5.84. The van der Waals surface area contributed by atoms with Crippen molar-refractivity contribution in [3.63, 3.8) is 0 Å². The van der Waals surface area contributed by atoms with Gasteiger partial charge in [-0.15, -0.1) is 0 Å². The molecule has 0 bridgehead atoms. The summed E-state index contributed by atoms with van der Waals surface area (Å²) >= 11 is 0. The smallest absolute Gasteiger partial charge is 0.0250 e. The van der Waals surface area contributed by atoms with Crippen LogP contribution in [0.5, 0.6) is 0 Å². The van der Waals surface area contributed by atoms with Crippen molar-refractivity contribution in [2.45, 2.75) is 53.9 Å². The molecule has 0 aromatic carbocycles. The standard InChI is InChI=1S/C15H24.CH4/c1-6-14(4)10-8-12-15(5)11-7-9-13(2)3;/h6,9,12H,1,4,7-8,10-11H2,2-3,5H3;1H4/b15-12+;. The Balaban J connectivity index is 0. The van der Waals surface area contributed by atoms with Gasteiger partial charge < -0.3 is 0 Å². The van der Waals surface area contributed by atoms with E-state index in [-0.39, 0.29) is 7.43 Å². The minimum atomic E-state index is 0. The maximum Gasteiger partial charge on any atom is -0.0250 e. The Bertz CT molecular complexity index is 260. The van der Waals surface area contributed by atoms with Crippen molar-refractivity contribution in [3.8, 4) is 0 Å². The normalized spacial score (nSPS) is 10.3. The second-order valence-electron chi connectivity index (χ2n) is 4.27. The van der Waals surface area contributed by atoms with Crippen LogP contribution >= 0.6 is 0 Å². The SMILES string of the molecule is C.C=CC(=C)CC/C=C(\C)CCC=C(C)C. The van der Waals surface area contributed by atoms with E-state index in [9.17, 15) is 0 Å². The second-order valence-corrected chi connectivity index (χ2v) is 4.27. The molecule has 0 aliphatic carbocycles. The van der Waals surface area contributed by atoms with Crippen LogP contribution in [0.3, 0.4) is 0 Å². The monoisotopic (exact) mass is 220 g/mol. The molecule has 0 unspecified atom stereocenters. The van der Waals surface area contributed by atoms with Crippen LogP contribution in [0.25, 0.3) is 0 Å². The molecular weight excluding hydrogens is 192 g/mol. The van der Waals surface area contributed by atoms with Gasteiger partial charge in [0.15, 0.2) is 0 Å². The highest BCUT2D eigenvalue weighted by Gasteiger charge is 1.90. The summed E-state index contributed by atoms with van der Waals surface area (Å²) in [7, 11) is 0. The van der Waals surface area contributed by atoms with Crippen LogP contribution in [0, 0.1) is 0 Å². The van der Waals surface area contributed by atoms with Crippen LogP contribution in [0.2, 0.25) is 0 Å². The summed E-state index contributed by atoms with van der Waals surface area (Å²) in [6.07, 6.45) is 10.9. The zero-order chi connectivity index (χ0) is 11.7. The van der Waals surface area contributed by atoms with Gasteiger partial charge in [-0.05, 0) is 46.5 Å². The Morgan fingerprint density at radius 1 is 1.00 bits per heavy atom. The molecule has 0 spiro atoms. The minimum absolute atomic E-state index is 0. The van der Waals surface area contributed by atoms with E-state index in [4.69, 9.17) is 0 Å². The fourth-order valence-corrected chi connectivity index (χ4v) is 1.30. The highest BCUT2D eigenvalue weighted by atomic mass is 14.0. The molecule has 0 rings (SSSR count). The van der Waals surface area contributed by atoms with Crippen molar-refractivity contribution < 1.29 is 0 Å². The first-order chi connectivity index (χ1) is 7.06. The van der Waals surface area contributed by atoms with Gasteiger partial charge in [-0.25, -0.2) is 0 Å². The van der Waals surface area contributed by atoms with E-state index in [2.05, 4.69) is 46.1 Å². The summed E-state index contributed by atoms with van der Waals surface area (Å²) < 4.78 is 0. The van der Waals surface area contributed by atoms with E-state index >= 15 is 0 Å². The van der Waals surface area contributed by atoms with Crippen LogP contribution in [0.15, 0.2) is 48.1 Å². The molecule has 0 heteroatoms. The molecule has 0 heterocycles. The fraction of sp³-hybridized carbons (Fsp3) is 0.500. The molecule has 0 radical (unpaired) electrons. The average molecular weight is 220 g/mol. The summed E-state index contributed by atoms with van der Waals surface area (Å²) in [6, 6.07) is 0. The predicted molar refractivity (Wildman–Crippen MR) is 77.7 cm³/mol. The first kappa shape index (κ1) is 17.4.